The molecular formula is C2H9NO5. The van der Waals surface area contributed by atoms with Crippen molar-refractivity contribution in [2.45, 2.75) is 0 Å². The van der Waals surface area contributed by atoms with E-state index in [9.17, 15) is 0 Å². The molecule has 0 saturated heterocycles. The van der Waals surface area contributed by atoms with Crippen molar-refractivity contribution >= 4 is 12.9 Å². The van der Waals surface area contributed by atoms with Crippen LogP contribution in [-0.2, 0) is 4.79 Å². The fourth-order valence-corrected chi connectivity index (χ4v) is 0. The SMILES string of the molecule is C=O.N.O.O=C(O)O. The van der Waals surface area contributed by atoms with Gasteiger partial charge in [0.2, 0.25) is 0 Å². The predicted octanol–water partition coefficient (Wildman–Crippen LogP) is -0.625. The zero-order valence-corrected chi connectivity index (χ0v) is 4.13. The van der Waals surface area contributed by atoms with Gasteiger partial charge in [0, 0.05) is 0 Å². The van der Waals surface area contributed by atoms with E-state index < -0.39 is 6.16 Å². The molecule has 0 bridgehead atoms. The molecule has 6 nitrogen and oxygen atoms in total. The molecule has 0 aliphatic heterocycles. The first-order chi connectivity index (χ1) is 2.73. The minimum atomic E-state index is -1.83. The molecule has 0 rings (SSSR count). The van der Waals surface area contributed by atoms with Gasteiger partial charge in [0.1, 0.15) is 6.79 Å². The van der Waals surface area contributed by atoms with Crippen molar-refractivity contribution in [2.24, 2.45) is 0 Å². The maximum absolute atomic E-state index is 8.56. The van der Waals surface area contributed by atoms with E-state index in [0.29, 0.717) is 0 Å². The molecule has 0 unspecified atom stereocenters. The zero-order valence-electron chi connectivity index (χ0n) is 4.13. The quantitative estimate of drug-likeness (QED) is 0.397. The molecule has 0 aliphatic carbocycles. The van der Waals surface area contributed by atoms with E-state index in [4.69, 9.17) is 19.8 Å². The van der Waals surface area contributed by atoms with E-state index in [1.807, 2.05) is 6.79 Å². The highest BCUT2D eigenvalue weighted by Gasteiger charge is 1.70. The molecule has 7 N–H and O–H groups in total. The first-order valence-corrected chi connectivity index (χ1v) is 0.940. The summed E-state index contributed by atoms with van der Waals surface area (Å²) in [6.07, 6.45) is -1.83. The molecule has 0 spiro atoms. The second kappa shape index (κ2) is 40.0. The van der Waals surface area contributed by atoms with Crippen LogP contribution < -0.4 is 6.15 Å². The third-order valence-electron chi connectivity index (χ3n) is 0. The van der Waals surface area contributed by atoms with Crippen LogP contribution in [0, 0.1) is 0 Å². The van der Waals surface area contributed by atoms with Gasteiger partial charge in [0.05, 0.1) is 0 Å². The second-order valence-electron chi connectivity index (χ2n) is 0.283. The number of rotatable bonds is 0. The second-order valence-corrected chi connectivity index (χ2v) is 0.283. The number of carboxylic acid groups (broad SMARTS) is 2. The highest BCUT2D eigenvalue weighted by molar-refractivity contribution is 5.53. The lowest BCUT2D eigenvalue weighted by atomic mass is 11.5. The molecule has 0 heterocycles. The first-order valence-electron chi connectivity index (χ1n) is 0.940. The van der Waals surface area contributed by atoms with Gasteiger partial charge < -0.3 is 26.6 Å². The van der Waals surface area contributed by atoms with Crippen molar-refractivity contribution in [1.82, 2.24) is 6.15 Å². The lowest BCUT2D eigenvalue weighted by molar-refractivity contribution is -0.0980. The normalized spacial score (nSPS) is 3.50. The molecule has 0 saturated carbocycles. The molecular weight excluding hydrogens is 118 g/mol. The van der Waals surface area contributed by atoms with Crippen molar-refractivity contribution < 1.29 is 25.3 Å². The van der Waals surface area contributed by atoms with Crippen LogP contribution in [0.5, 0.6) is 0 Å². The van der Waals surface area contributed by atoms with Crippen LogP contribution >= 0.6 is 0 Å². The Bertz CT molecular complexity index is 41.7. The number of hydrogen-bond donors (Lipinski definition) is 3. The van der Waals surface area contributed by atoms with E-state index in [2.05, 4.69) is 0 Å². The van der Waals surface area contributed by atoms with E-state index in [0.717, 1.165) is 0 Å². The van der Waals surface area contributed by atoms with Gasteiger partial charge in [-0.3, -0.25) is 0 Å². The van der Waals surface area contributed by atoms with Gasteiger partial charge in [-0.2, -0.15) is 0 Å². The van der Waals surface area contributed by atoms with Crippen molar-refractivity contribution in [3.05, 3.63) is 0 Å². The van der Waals surface area contributed by atoms with E-state index in [1.165, 1.54) is 0 Å². The summed E-state index contributed by atoms with van der Waals surface area (Å²) in [7, 11) is 0. The Morgan fingerprint density at radius 1 is 1.25 bits per heavy atom. The highest BCUT2D eigenvalue weighted by atomic mass is 16.6. The van der Waals surface area contributed by atoms with Gasteiger partial charge in [-0.1, -0.05) is 0 Å². The third kappa shape index (κ3) is 55.7. The minimum absolute atomic E-state index is 0. The fraction of sp³-hybridized carbons (Fsp3) is 0. The summed E-state index contributed by atoms with van der Waals surface area (Å²) in [4.78, 5) is 16.6. The summed E-state index contributed by atoms with van der Waals surface area (Å²) >= 11 is 0. The molecule has 6 heteroatoms. The molecule has 0 aliphatic rings. The molecule has 0 fully saturated rings. The zero-order chi connectivity index (χ0) is 5.58. The third-order valence-corrected chi connectivity index (χ3v) is 0. The summed E-state index contributed by atoms with van der Waals surface area (Å²) in [5, 5.41) is 13.9. The number of hydrogen-bond acceptors (Lipinski definition) is 3. The fourth-order valence-electron chi connectivity index (χ4n) is 0. The van der Waals surface area contributed by atoms with Crippen LogP contribution in [0.4, 0.5) is 4.79 Å². The number of carbonyl (C=O) groups excluding carboxylic acids is 1. The number of carbonyl (C=O) groups is 2. The molecule has 0 aromatic rings. The van der Waals surface area contributed by atoms with Crippen LogP contribution in [0.3, 0.4) is 0 Å². The lowest BCUT2D eigenvalue weighted by Crippen LogP contribution is -1.81. The van der Waals surface area contributed by atoms with Crippen molar-refractivity contribution in [3.8, 4) is 0 Å². The molecule has 0 atom stereocenters. The predicted molar refractivity (Wildman–Crippen MR) is 26.4 cm³/mol. The van der Waals surface area contributed by atoms with Gasteiger partial charge in [0.25, 0.3) is 0 Å². The maximum Gasteiger partial charge on any atom is 0.503 e. The largest absolute Gasteiger partial charge is 0.503 e. The monoisotopic (exact) mass is 127 g/mol. The average Bonchev–Trinajstić information content (AvgIpc) is 1.41. The van der Waals surface area contributed by atoms with Gasteiger partial charge in [-0.15, -0.1) is 0 Å². The van der Waals surface area contributed by atoms with Crippen LogP contribution in [0.15, 0.2) is 0 Å². The molecule has 52 valence electrons. The summed E-state index contributed by atoms with van der Waals surface area (Å²) < 4.78 is 0. The maximum atomic E-state index is 8.56. The smallest absolute Gasteiger partial charge is 0.450 e. The van der Waals surface area contributed by atoms with Crippen molar-refractivity contribution in [1.29, 1.82) is 0 Å². The lowest BCUT2D eigenvalue weighted by Gasteiger charge is -1.60. The van der Waals surface area contributed by atoms with E-state index >= 15 is 0 Å². The van der Waals surface area contributed by atoms with Crippen LogP contribution in [0.2, 0.25) is 0 Å². The summed E-state index contributed by atoms with van der Waals surface area (Å²) in [6.45, 7) is 2.00. The Hall–Kier alpha value is -1.14. The van der Waals surface area contributed by atoms with Crippen LogP contribution in [0.1, 0.15) is 0 Å². The Labute approximate surface area is 45.6 Å². The van der Waals surface area contributed by atoms with E-state index in [-0.39, 0.29) is 11.6 Å². The summed E-state index contributed by atoms with van der Waals surface area (Å²) in [5.41, 5.74) is 0. The molecule has 8 heavy (non-hydrogen) atoms. The standard InChI is InChI=1S/CH2O3.CH2O.H3N.H2O/c2-1(3)4;1-2;;/h(H2,2,3,4);1H2;1H3;1H2. The first kappa shape index (κ1) is 28.8. The highest BCUT2D eigenvalue weighted by Crippen LogP contribution is 1.42. The van der Waals surface area contributed by atoms with Crippen LogP contribution in [0.25, 0.3) is 0 Å². The minimum Gasteiger partial charge on any atom is -0.450 e. The van der Waals surface area contributed by atoms with Gasteiger partial charge >= 0.3 is 6.16 Å². The Morgan fingerprint density at radius 3 is 1.25 bits per heavy atom. The van der Waals surface area contributed by atoms with Crippen LogP contribution in [-0.4, -0.2) is 28.6 Å². The molecule has 0 amide bonds. The topological polar surface area (TPSA) is 141 Å². The molecule has 0 aromatic carbocycles. The average molecular weight is 127 g/mol. The van der Waals surface area contributed by atoms with Crippen molar-refractivity contribution in [2.75, 3.05) is 0 Å². The Balaban J connectivity index is -0.0000000183. The van der Waals surface area contributed by atoms with E-state index in [1.54, 1.807) is 0 Å². The van der Waals surface area contributed by atoms with Gasteiger partial charge in [-0.25, -0.2) is 4.79 Å². The van der Waals surface area contributed by atoms with Gasteiger partial charge in [0.15, 0.2) is 0 Å². The van der Waals surface area contributed by atoms with Crippen molar-refractivity contribution in [3.63, 3.8) is 0 Å². The Morgan fingerprint density at radius 2 is 1.25 bits per heavy atom. The Kier molecular flexibility index (Phi) is 144. The summed E-state index contributed by atoms with van der Waals surface area (Å²) in [5.74, 6) is 0. The molecule has 0 aromatic heterocycles. The molecule has 0 radical (unpaired) electrons. The summed E-state index contributed by atoms with van der Waals surface area (Å²) in [6, 6.07) is 0. The van der Waals surface area contributed by atoms with Gasteiger partial charge in [-0.05, 0) is 0 Å².